The summed E-state index contributed by atoms with van der Waals surface area (Å²) in [5.41, 5.74) is 1.37. The molecule has 2 aliphatic heterocycles. The highest BCUT2D eigenvalue weighted by Gasteiger charge is 2.30. The first kappa shape index (κ1) is 24.9. The Morgan fingerprint density at radius 1 is 1.30 bits per heavy atom. The molecule has 6 nitrogen and oxygen atoms in total. The predicted molar refractivity (Wildman–Crippen MR) is 134 cm³/mol. The SMILES string of the molecule is CCC(CCNC(=NC)NC1CC(C)N(Cc2ccccc2)C1)N1CCCC1=O.I. The average Bonchev–Trinajstić information content (AvgIpc) is 3.30. The molecule has 3 atom stereocenters. The summed E-state index contributed by atoms with van der Waals surface area (Å²) in [6, 6.07) is 12.0. The third kappa shape index (κ3) is 6.83. The Morgan fingerprint density at radius 3 is 2.70 bits per heavy atom. The van der Waals surface area contributed by atoms with E-state index in [0.29, 0.717) is 30.5 Å². The standard InChI is InChI=1S/C23H37N5O.HI/c1-4-21(28-14-8-11-22(28)29)12-13-25-23(24-3)26-20-15-18(2)27(17-20)16-19-9-6-5-7-10-19;/h5-7,9-10,18,20-21H,4,8,11-17H2,1-3H3,(H2,24,25,26);1H. The van der Waals surface area contributed by atoms with Gasteiger partial charge >= 0.3 is 0 Å². The molecular weight excluding hydrogens is 489 g/mol. The van der Waals surface area contributed by atoms with E-state index in [1.807, 2.05) is 7.05 Å². The van der Waals surface area contributed by atoms with E-state index in [-0.39, 0.29) is 24.0 Å². The van der Waals surface area contributed by atoms with Crippen molar-refractivity contribution < 1.29 is 4.79 Å². The molecule has 1 amide bonds. The Kier molecular flexibility index (Phi) is 10.4. The van der Waals surface area contributed by atoms with Gasteiger partial charge < -0.3 is 15.5 Å². The Balaban J connectivity index is 0.00000320. The molecule has 2 aliphatic rings. The van der Waals surface area contributed by atoms with Gasteiger partial charge in [0.1, 0.15) is 0 Å². The molecule has 168 valence electrons. The van der Waals surface area contributed by atoms with E-state index < -0.39 is 0 Å². The van der Waals surface area contributed by atoms with Crippen molar-refractivity contribution in [3.05, 3.63) is 35.9 Å². The number of rotatable bonds is 8. The molecule has 3 unspecified atom stereocenters. The third-order valence-corrected chi connectivity index (χ3v) is 6.29. The highest BCUT2D eigenvalue weighted by atomic mass is 127. The van der Waals surface area contributed by atoms with Gasteiger partial charge in [-0.3, -0.25) is 14.7 Å². The molecule has 0 saturated carbocycles. The van der Waals surface area contributed by atoms with Crippen molar-refractivity contribution in [1.29, 1.82) is 0 Å². The summed E-state index contributed by atoms with van der Waals surface area (Å²) in [7, 11) is 1.83. The fourth-order valence-corrected chi connectivity index (χ4v) is 4.62. The maximum atomic E-state index is 12.0. The van der Waals surface area contributed by atoms with E-state index in [9.17, 15) is 4.79 Å². The number of hydrogen-bond acceptors (Lipinski definition) is 3. The molecule has 2 fully saturated rings. The van der Waals surface area contributed by atoms with Gasteiger partial charge in [-0.1, -0.05) is 37.3 Å². The van der Waals surface area contributed by atoms with Crippen LogP contribution in [0.15, 0.2) is 35.3 Å². The number of halogens is 1. The summed E-state index contributed by atoms with van der Waals surface area (Å²) >= 11 is 0. The fraction of sp³-hybridized carbons (Fsp3) is 0.652. The van der Waals surface area contributed by atoms with Crippen molar-refractivity contribution in [1.82, 2.24) is 20.4 Å². The maximum Gasteiger partial charge on any atom is 0.222 e. The first-order valence-corrected chi connectivity index (χ1v) is 11.1. The normalized spacial score (nSPS) is 23.4. The third-order valence-electron chi connectivity index (χ3n) is 6.29. The van der Waals surface area contributed by atoms with Crippen molar-refractivity contribution in [2.75, 3.05) is 26.7 Å². The van der Waals surface area contributed by atoms with E-state index in [2.05, 4.69) is 69.6 Å². The number of carbonyl (C=O) groups excluding carboxylic acids is 1. The number of amides is 1. The number of benzene rings is 1. The molecule has 0 bridgehead atoms. The Morgan fingerprint density at radius 2 is 2.07 bits per heavy atom. The summed E-state index contributed by atoms with van der Waals surface area (Å²) in [6.07, 6.45) is 4.81. The van der Waals surface area contributed by atoms with Gasteiger partial charge in [-0.25, -0.2) is 0 Å². The highest BCUT2D eigenvalue weighted by Crippen LogP contribution is 2.20. The molecule has 2 saturated heterocycles. The Labute approximate surface area is 198 Å². The van der Waals surface area contributed by atoms with Gasteiger partial charge in [0, 0.05) is 57.8 Å². The van der Waals surface area contributed by atoms with Crippen LogP contribution >= 0.6 is 24.0 Å². The molecule has 0 aromatic heterocycles. The van der Waals surface area contributed by atoms with E-state index >= 15 is 0 Å². The molecule has 2 N–H and O–H groups in total. The average molecular weight is 527 g/mol. The van der Waals surface area contributed by atoms with Gasteiger partial charge in [0.2, 0.25) is 5.91 Å². The van der Waals surface area contributed by atoms with Crippen LogP contribution < -0.4 is 10.6 Å². The molecule has 1 aromatic rings. The van der Waals surface area contributed by atoms with Crippen LogP contribution in [0.4, 0.5) is 0 Å². The smallest absolute Gasteiger partial charge is 0.222 e. The Bertz CT molecular complexity index is 683. The number of carbonyl (C=O) groups is 1. The van der Waals surface area contributed by atoms with Crippen LogP contribution in [-0.2, 0) is 11.3 Å². The van der Waals surface area contributed by atoms with Gasteiger partial charge in [0.05, 0.1) is 0 Å². The van der Waals surface area contributed by atoms with Gasteiger partial charge in [-0.15, -0.1) is 24.0 Å². The molecule has 0 spiro atoms. The lowest BCUT2D eigenvalue weighted by molar-refractivity contribution is -0.129. The first-order chi connectivity index (χ1) is 14.1. The van der Waals surface area contributed by atoms with Crippen molar-refractivity contribution >= 4 is 35.8 Å². The number of nitrogens with zero attached hydrogens (tertiary/aromatic N) is 3. The van der Waals surface area contributed by atoms with Gasteiger partial charge in [-0.2, -0.15) is 0 Å². The quantitative estimate of drug-likeness (QED) is 0.310. The summed E-state index contributed by atoms with van der Waals surface area (Å²) in [5.74, 6) is 1.18. The minimum Gasteiger partial charge on any atom is -0.356 e. The van der Waals surface area contributed by atoms with Crippen LogP contribution in [0.25, 0.3) is 0 Å². The second-order valence-corrected chi connectivity index (χ2v) is 8.38. The molecular formula is C23H38IN5O. The lowest BCUT2D eigenvalue weighted by Gasteiger charge is -2.27. The molecule has 7 heteroatoms. The number of guanidine groups is 1. The summed E-state index contributed by atoms with van der Waals surface area (Å²) in [5, 5.41) is 7.06. The van der Waals surface area contributed by atoms with Gasteiger partial charge in [0.25, 0.3) is 0 Å². The topological polar surface area (TPSA) is 60.0 Å². The van der Waals surface area contributed by atoms with Gasteiger partial charge in [-0.05, 0) is 38.2 Å². The second kappa shape index (κ2) is 12.5. The molecule has 0 aliphatic carbocycles. The van der Waals surface area contributed by atoms with E-state index in [4.69, 9.17) is 0 Å². The minimum atomic E-state index is 0. The first-order valence-electron chi connectivity index (χ1n) is 11.1. The van der Waals surface area contributed by atoms with E-state index in [0.717, 1.165) is 57.8 Å². The second-order valence-electron chi connectivity index (χ2n) is 8.38. The van der Waals surface area contributed by atoms with Gasteiger partial charge in [0.15, 0.2) is 5.96 Å². The van der Waals surface area contributed by atoms with Crippen LogP contribution in [-0.4, -0.2) is 66.5 Å². The predicted octanol–water partition coefficient (Wildman–Crippen LogP) is 3.22. The van der Waals surface area contributed by atoms with Crippen LogP contribution in [0.2, 0.25) is 0 Å². The lowest BCUT2D eigenvalue weighted by atomic mass is 10.1. The maximum absolute atomic E-state index is 12.0. The summed E-state index contributed by atoms with van der Waals surface area (Å²) < 4.78 is 0. The number of hydrogen-bond donors (Lipinski definition) is 2. The largest absolute Gasteiger partial charge is 0.356 e. The zero-order valence-corrected chi connectivity index (χ0v) is 21.0. The highest BCUT2D eigenvalue weighted by molar-refractivity contribution is 14.0. The zero-order valence-electron chi connectivity index (χ0n) is 18.6. The Hall–Kier alpha value is -1.35. The lowest BCUT2D eigenvalue weighted by Crippen LogP contribution is -2.46. The molecule has 3 rings (SSSR count). The minimum absolute atomic E-state index is 0. The monoisotopic (exact) mass is 527 g/mol. The van der Waals surface area contributed by atoms with Crippen LogP contribution in [0, 0.1) is 0 Å². The molecule has 2 heterocycles. The van der Waals surface area contributed by atoms with E-state index in [1.54, 1.807) is 0 Å². The van der Waals surface area contributed by atoms with E-state index in [1.165, 1.54) is 5.56 Å². The van der Waals surface area contributed by atoms with Crippen molar-refractivity contribution in [2.45, 2.75) is 70.6 Å². The van der Waals surface area contributed by atoms with Crippen LogP contribution in [0.3, 0.4) is 0 Å². The van der Waals surface area contributed by atoms with Crippen molar-refractivity contribution in [2.24, 2.45) is 4.99 Å². The number of likely N-dealkylation sites (tertiary alicyclic amines) is 2. The van der Waals surface area contributed by atoms with Crippen molar-refractivity contribution in [3.63, 3.8) is 0 Å². The summed E-state index contributed by atoms with van der Waals surface area (Å²) in [4.78, 5) is 21.0. The molecule has 0 radical (unpaired) electrons. The number of nitrogens with one attached hydrogen (secondary N) is 2. The van der Waals surface area contributed by atoms with Crippen LogP contribution in [0.1, 0.15) is 51.5 Å². The van der Waals surface area contributed by atoms with Crippen molar-refractivity contribution in [3.8, 4) is 0 Å². The summed E-state index contributed by atoms with van der Waals surface area (Å²) in [6.45, 7) is 8.24. The molecule has 30 heavy (non-hydrogen) atoms. The zero-order chi connectivity index (χ0) is 20.6. The molecule has 1 aromatic carbocycles. The van der Waals surface area contributed by atoms with Crippen LogP contribution in [0.5, 0.6) is 0 Å². The fourth-order valence-electron chi connectivity index (χ4n) is 4.62. The number of aliphatic imine (C=N–C) groups is 1.